The molecule has 3 heterocycles. The highest BCUT2D eigenvalue weighted by atomic mass is 32.1. The predicted octanol–water partition coefficient (Wildman–Crippen LogP) is 3.03. The average Bonchev–Trinajstić information content (AvgIpc) is 3.27. The lowest BCUT2D eigenvalue weighted by Gasteiger charge is -2.37. The number of hydrogen-bond donors (Lipinski definition) is 0. The van der Waals surface area contributed by atoms with Crippen LogP contribution in [0.4, 0.5) is 0 Å². The van der Waals surface area contributed by atoms with Gasteiger partial charge in [0.25, 0.3) is 0 Å². The maximum absolute atomic E-state index is 12.7. The third kappa shape index (κ3) is 2.81. The Bertz CT molecular complexity index is 695. The molecule has 0 radical (unpaired) electrons. The maximum atomic E-state index is 12.7. The van der Waals surface area contributed by atoms with Gasteiger partial charge in [-0.1, -0.05) is 6.07 Å². The Morgan fingerprint density at radius 2 is 2.39 bits per heavy atom. The van der Waals surface area contributed by atoms with E-state index in [4.69, 9.17) is 9.15 Å². The lowest BCUT2D eigenvalue weighted by molar-refractivity contribution is -0.143. The molecule has 2 aromatic rings. The molecule has 2 aliphatic rings. The van der Waals surface area contributed by atoms with E-state index in [1.54, 1.807) is 11.3 Å². The lowest BCUT2D eigenvalue weighted by Crippen LogP contribution is -2.51. The maximum Gasteiger partial charge on any atom is 0.236 e. The van der Waals surface area contributed by atoms with Crippen LogP contribution >= 0.6 is 11.3 Å². The van der Waals surface area contributed by atoms with Gasteiger partial charge in [-0.15, -0.1) is 11.3 Å². The Kier molecular flexibility index (Phi) is 3.95. The first-order chi connectivity index (χ1) is 11.2. The van der Waals surface area contributed by atoms with Crippen molar-refractivity contribution in [3.05, 3.63) is 29.0 Å². The largest absolute Gasteiger partial charge is 0.440 e. The Morgan fingerprint density at radius 1 is 1.48 bits per heavy atom. The summed E-state index contributed by atoms with van der Waals surface area (Å²) in [4.78, 5) is 20.3. The molecule has 0 N–H and O–H groups in total. The van der Waals surface area contributed by atoms with Gasteiger partial charge in [-0.3, -0.25) is 4.79 Å². The van der Waals surface area contributed by atoms with Gasteiger partial charge >= 0.3 is 0 Å². The number of nitrogens with zero attached hydrogens (tertiary/aromatic N) is 2. The van der Waals surface area contributed by atoms with Crippen molar-refractivity contribution >= 4 is 17.2 Å². The summed E-state index contributed by atoms with van der Waals surface area (Å²) in [6.45, 7) is 3.21. The van der Waals surface area contributed by atoms with Gasteiger partial charge in [-0.25, -0.2) is 4.98 Å². The van der Waals surface area contributed by atoms with Crippen LogP contribution in [0.2, 0.25) is 0 Å². The summed E-state index contributed by atoms with van der Waals surface area (Å²) in [6.07, 6.45) is 3.80. The van der Waals surface area contributed by atoms with Gasteiger partial charge in [0.1, 0.15) is 5.76 Å². The molecule has 4 rings (SSSR count). The van der Waals surface area contributed by atoms with Crippen molar-refractivity contribution in [2.24, 2.45) is 0 Å². The molecule has 2 fully saturated rings. The molecular formula is C17H20N2O3S. The minimum atomic E-state index is 0.138. The summed E-state index contributed by atoms with van der Waals surface area (Å²) in [5.41, 5.74) is 0.749. The highest BCUT2D eigenvalue weighted by molar-refractivity contribution is 7.13. The van der Waals surface area contributed by atoms with E-state index in [1.807, 2.05) is 29.3 Å². The van der Waals surface area contributed by atoms with Crippen molar-refractivity contribution in [2.45, 2.75) is 44.8 Å². The second-order valence-corrected chi connectivity index (χ2v) is 7.12. The summed E-state index contributed by atoms with van der Waals surface area (Å²) < 4.78 is 11.5. The van der Waals surface area contributed by atoms with Crippen molar-refractivity contribution in [1.82, 2.24) is 9.88 Å². The van der Waals surface area contributed by atoms with Crippen molar-refractivity contribution < 1.29 is 13.9 Å². The van der Waals surface area contributed by atoms with Crippen molar-refractivity contribution in [3.63, 3.8) is 0 Å². The molecule has 1 amide bonds. The number of ether oxygens (including phenoxy) is 1. The van der Waals surface area contributed by atoms with Crippen molar-refractivity contribution in [1.29, 1.82) is 0 Å². The summed E-state index contributed by atoms with van der Waals surface area (Å²) in [5.74, 6) is 1.48. The van der Waals surface area contributed by atoms with Gasteiger partial charge in [-0.05, 0) is 37.6 Å². The van der Waals surface area contributed by atoms with Gasteiger partial charge < -0.3 is 14.1 Å². The molecule has 122 valence electrons. The Morgan fingerprint density at radius 3 is 3.22 bits per heavy atom. The number of thiophene rings is 1. The number of rotatable bonds is 3. The van der Waals surface area contributed by atoms with E-state index >= 15 is 0 Å². The van der Waals surface area contributed by atoms with Crippen LogP contribution in [0, 0.1) is 6.92 Å². The topological polar surface area (TPSA) is 55.6 Å². The Balaban J connectivity index is 1.50. The van der Waals surface area contributed by atoms with Crippen LogP contribution < -0.4 is 0 Å². The van der Waals surface area contributed by atoms with E-state index in [2.05, 4.69) is 4.98 Å². The predicted molar refractivity (Wildman–Crippen MR) is 87.3 cm³/mol. The van der Waals surface area contributed by atoms with Gasteiger partial charge in [0, 0.05) is 6.54 Å². The first-order valence-corrected chi connectivity index (χ1v) is 9.01. The fraction of sp³-hybridized carbons (Fsp3) is 0.529. The highest BCUT2D eigenvalue weighted by Gasteiger charge is 2.38. The van der Waals surface area contributed by atoms with E-state index in [-0.39, 0.29) is 18.1 Å². The van der Waals surface area contributed by atoms with Crippen LogP contribution in [0.15, 0.2) is 21.9 Å². The molecular weight excluding hydrogens is 312 g/mol. The van der Waals surface area contributed by atoms with E-state index in [1.165, 1.54) is 0 Å². The number of amides is 1. The molecule has 1 aliphatic carbocycles. The number of carbonyl (C=O) groups excluding carboxylic acids is 1. The summed E-state index contributed by atoms with van der Waals surface area (Å²) >= 11 is 1.59. The molecule has 2 atom stereocenters. The van der Waals surface area contributed by atoms with E-state index < -0.39 is 0 Å². The zero-order valence-electron chi connectivity index (χ0n) is 13.2. The number of aromatic nitrogens is 1. The zero-order chi connectivity index (χ0) is 15.8. The first-order valence-electron chi connectivity index (χ1n) is 8.13. The second-order valence-electron chi connectivity index (χ2n) is 6.17. The van der Waals surface area contributed by atoms with Crippen LogP contribution in [-0.2, 0) is 16.0 Å². The lowest BCUT2D eigenvalue weighted by atomic mass is 10.1. The van der Waals surface area contributed by atoms with Gasteiger partial charge in [0.05, 0.1) is 35.7 Å². The zero-order valence-corrected chi connectivity index (χ0v) is 14.0. The molecule has 0 bridgehead atoms. The smallest absolute Gasteiger partial charge is 0.236 e. The van der Waals surface area contributed by atoms with Gasteiger partial charge in [0.15, 0.2) is 0 Å². The number of aryl methyl sites for hydroxylation is 1. The molecule has 6 heteroatoms. The first kappa shape index (κ1) is 14.9. The molecule has 1 saturated carbocycles. The summed E-state index contributed by atoms with van der Waals surface area (Å²) in [6, 6.07) is 4.20. The van der Waals surface area contributed by atoms with Gasteiger partial charge in [-0.2, -0.15) is 0 Å². The van der Waals surface area contributed by atoms with Crippen LogP contribution in [0.5, 0.6) is 0 Å². The van der Waals surface area contributed by atoms with Crippen molar-refractivity contribution in [3.8, 4) is 10.8 Å². The third-order valence-corrected chi connectivity index (χ3v) is 5.60. The normalized spacial score (nSPS) is 24.0. The standard InChI is InChI=1S/C17H20N2O3S/c1-11-12(18-17(22-11)15-6-3-9-23-15)10-16(20)19-7-8-21-14-5-2-4-13(14)19/h3,6,9,13-14H,2,4-5,7-8,10H2,1H3. The SMILES string of the molecule is Cc1oc(-c2cccs2)nc1CC(=O)N1CCOC2CCCC21. The number of morpholine rings is 1. The van der Waals surface area contributed by atoms with E-state index in [9.17, 15) is 4.79 Å². The monoisotopic (exact) mass is 332 g/mol. The molecule has 0 spiro atoms. The fourth-order valence-corrected chi connectivity index (χ4v) is 4.23. The molecule has 1 aliphatic heterocycles. The minimum Gasteiger partial charge on any atom is -0.440 e. The second kappa shape index (κ2) is 6.09. The molecule has 23 heavy (non-hydrogen) atoms. The molecule has 5 nitrogen and oxygen atoms in total. The quantitative estimate of drug-likeness (QED) is 0.867. The van der Waals surface area contributed by atoms with Crippen LogP contribution in [0.25, 0.3) is 10.8 Å². The van der Waals surface area contributed by atoms with Crippen LogP contribution in [0.1, 0.15) is 30.7 Å². The number of fused-ring (bicyclic) bond motifs is 1. The number of oxazole rings is 1. The summed E-state index contributed by atoms with van der Waals surface area (Å²) in [7, 11) is 0. The summed E-state index contributed by atoms with van der Waals surface area (Å²) in [5, 5.41) is 1.99. The van der Waals surface area contributed by atoms with Crippen molar-refractivity contribution in [2.75, 3.05) is 13.2 Å². The van der Waals surface area contributed by atoms with E-state index in [0.29, 0.717) is 25.5 Å². The Labute approximate surface area is 139 Å². The Hall–Kier alpha value is -1.66. The fourth-order valence-electron chi connectivity index (χ4n) is 3.58. The molecule has 1 saturated heterocycles. The third-order valence-electron chi connectivity index (χ3n) is 4.75. The molecule has 2 aromatic heterocycles. The van der Waals surface area contributed by atoms with Crippen LogP contribution in [0.3, 0.4) is 0 Å². The van der Waals surface area contributed by atoms with E-state index in [0.717, 1.165) is 35.6 Å². The molecule has 0 aromatic carbocycles. The van der Waals surface area contributed by atoms with Gasteiger partial charge in [0.2, 0.25) is 11.8 Å². The number of hydrogen-bond acceptors (Lipinski definition) is 5. The minimum absolute atomic E-state index is 0.138. The highest BCUT2D eigenvalue weighted by Crippen LogP contribution is 2.31. The van der Waals surface area contributed by atoms with Crippen LogP contribution in [-0.4, -0.2) is 41.1 Å². The average molecular weight is 332 g/mol. The molecule has 2 unspecified atom stereocenters. The number of carbonyl (C=O) groups is 1.